The monoisotopic (exact) mass is 666 g/mol. The Bertz CT molecular complexity index is 1600. The first-order chi connectivity index (χ1) is 21.2. The predicted octanol–water partition coefficient (Wildman–Crippen LogP) is 7.05. The fraction of sp³-hybridized carbons (Fsp3) is 0.235. The lowest BCUT2D eigenvalue weighted by atomic mass is 9.82. The topological polar surface area (TPSA) is 80.2 Å². The second-order valence-electron chi connectivity index (χ2n) is 10.4. The average molecular weight is 668 g/mol. The zero-order valence-corrected chi connectivity index (χ0v) is 25.1. The standard InChI is InChI=1S/C34H30BrF3N2O4/c35-28-14-10-23(11-15-28)21-33(32(42)39-22-24-6-4-9-27(20-24)34(36,37)38)30(25-7-2-1-3-8-25)44-31(40-33)26-12-16-29(17-13-26)43-19-5-18-41/h1-4,6-17,20,30,41H,5,18-19,21-22H2,(H,39,42)/t30-,33-/m1/s1. The number of nitrogens with zero attached hydrogens (tertiary/aromatic N) is 1. The fourth-order valence-corrected chi connectivity index (χ4v) is 5.28. The molecule has 0 radical (unpaired) electrons. The van der Waals surface area contributed by atoms with Crippen LogP contribution in [0.2, 0.25) is 0 Å². The van der Waals surface area contributed by atoms with Crippen molar-refractivity contribution in [1.29, 1.82) is 0 Å². The number of hydrogen-bond donors (Lipinski definition) is 2. The summed E-state index contributed by atoms with van der Waals surface area (Å²) in [6.45, 7) is 0.267. The van der Waals surface area contributed by atoms with E-state index in [4.69, 9.17) is 19.6 Å². The van der Waals surface area contributed by atoms with Crippen molar-refractivity contribution in [1.82, 2.24) is 5.32 Å². The van der Waals surface area contributed by atoms with Gasteiger partial charge in [0.2, 0.25) is 5.90 Å². The fourth-order valence-electron chi connectivity index (χ4n) is 5.02. The number of aliphatic hydroxyl groups is 1. The number of hydrogen-bond acceptors (Lipinski definition) is 5. The van der Waals surface area contributed by atoms with Crippen molar-refractivity contribution in [2.45, 2.75) is 37.2 Å². The lowest BCUT2D eigenvalue weighted by Crippen LogP contribution is -2.49. The molecule has 6 nitrogen and oxygen atoms in total. The van der Waals surface area contributed by atoms with Crippen LogP contribution in [0.15, 0.2) is 113 Å². The number of carbonyl (C=O) groups is 1. The number of ether oxygens (including phenoxy) is 2. The van der Waals surface area contributed by atoms with Crippen LogP contribution in [-0.4, -0.2) is 35.7 Å². The smallest absolute Gasteiger partial charge is 0.416 e. The van der Waals surface area contributed by atoms with Crippen molar-refractivity contribution >= 4 is 27.7 Å². The minimum Gasteiger partial charge on any atom is -0.494 e. The summed E-state index contributed by atoms with van der Waals surface area (Å²) in [5.41, 5.74) is 0.213. The molecule has 228 valence electrons. The number of amides is 1. The predicted molar refractivity (Wildman–Crippen MR) is 164 cm³/mol. The molecular formula is C34H30BrF3N2O4. The highest BCUT2D eigenvalue weighted by atomic mass is 79.9. The quantitative estimate of drug-likeness (QED) is 0.168. The Morgan fingerprint density at radius 1 is 0.955 bits per heavy atom. The van der Waals surface area contributed by atoms with Gasteiger partial charge >= 0.3 is 6.18 Å². The zero-order chi connectivity index (χ0) is 31.2. The Labute approximate surface area is 261 Å². The van der Waals surface area contributed by atoms with E-state index < -0.39 is 29.3 Å². The highest BCUT2D eigenvalue weighted by molar-refractivity contribution is 9.10. The molecule has 0 fully saturated rings. The van der Waals surface area contributed by atoms with E-state index in [1.54, 1.807) is 24.3 Å². The van der Waals surface area contributed by atoms with E-state index in [0.29, 0.717) is 29.9 Å². The van der Waals surface area contributed by atoms with Gasteiger partial charge in [-0.15, -0.1) is 0 Å². The first-order valence-electron chi connectivity index (χ1n) is 14.0. The molecule has 0 aliphatic carbocycles. The van der Waals surface area contributed by atoms with Crippen LogP contribution in [0.3, 0.4) is 0 Å². The van der Waals surface area contributed by atoms with Crippen molar-refractivity contribution in [2.75, 3.05) is 13.2 Å². The summed E-state index contributed by atoms with van der Waals surface area (Å²) >= 11 is 3.45. The SMILES string of the molecule is O=C(NCc1cccc(C(F)(F)F)c1)[C@]1(Cc2ccc(Br)cc2)N=C(c2ccc(OCCCO)cc2)O[C@@H]1c1ccccc1. The minimum absolute atomic E-state index is 0.0277. The van der Waals surface area contributed by atoms with Gasteiger partial charge in [0.1, 0.15) is 5.75 Å². The van der Waals surface area contributed by atoms with Crippen LogP contribution >= 0.6 is 15.9 Å². The van der Waals surface area contributed by atoms with E-state index in [0.717, 1.165) is 27.7 Å². The number of rotatable bonds is 11. The van der Waals surface area contributed by atoms with Gasteiger partial charge in [-0.2, -0.15) is 13.2 Å². The van der Waals surface area contributed by atoms with E-state index in [-0.39, 0.29) is 25.5 Å². The Morgan fingerprint density at radius 3 is 2.36 bits per heavy atom. The van der Waals surface area contributed by atoms with Gasteiger partial charge in [0.05, 0.1) is 12.2 Å². The van der Waals surface area contributed by atoms with Gasteiger partial charge in [-0.05, 0) is 65.2 Å². The molecule has 0 bridgehead atoms. The minimum atomic E-state index is -4.50. The van der Waals surface area contributed by atoms with Gasteiger partial charge in [0, 0.05) is 36.0 Å². The number of nitrogens with one attached hydrogen (secondary N) is 1. The molecule has 0 saturated carbocycles. The number of benzene rings is 4. The Kier molecular flexibility index (Phi) is 9.71. The van der Waals surface area contributed by atoms with Gasteiger partial charge < -0.3 is 19.9 Å². The molecule has 4 aromatic carbocycles. The molecule has 4 aromatic rings. The van der Waals surface area contributed by atoms with Gasteiger partial charge in [-0.3, -0.25) is 4.79 Å². The molecular weight excluding hydrogens is 637 g/mol. The van der Waals surface area contributed by atoms with Crippen molar-refractivity contribution in [3.05, 3.63) is 135 Å². The summed E-state index contributed by atoms with van der Waals surface area (Å²) in [6.07, 6.45) is -4.66. The molecule has 1 aliphatic heterocycles. The molecule has 2 atom stereocenters. The molecule has 0 unspecified atom stereocenters. The van der Waals surface area contributed by atoms with Crippen LogP contribution in [0.1, 0.15) is 40.3 Å². The lowest BCUT2D eigenvalue weighted by Gasteiger charge is -2.31. The molecule has 1 heterocycles. The first kappa shape index (κ1) is 31.3. The van der Waals surface area contributed by atoms with Crippen LogP contribution < -0.4 is 10.1 Å². The highest BCUT2D eigenvalue weighted by Gasteiger charge is 2.53. The van der Waals surface area contributed by atoms with Crippen molar-refractivity contribution < 1.29 is 32.5 Å². The van der Waals surface area contributed by atoms with Crippen LogP contribution in [-0.2, 0) is 28.7 Å². The second-order valence-corrected chi connectivity index (χ2v) is 11.3. The van der Waals surface area contributed by atoms with E-state index >= 15 is 0 Å². The maximum absolute atomic E-state index is 14.3. The largest absolute Gasteiger partial charge is 0.494 e. The van der Waals surface area contributed by atoms with Gasteiger partial charge in [0.15, 0.2) is 11.6 Å². The number of aliphatic imine (C=N–C) groups is 1. The van der Waals surface area contributed by atoms with Crippen LogP contribution in [0.5, 0.6) is 5.75 Å². The molecule has 44 heavy (non-hydrogen) atoms. The Morgan fingerprint density at radius 2 is 1.68 bits per heavy atom. The van der Waals surface area contributed by atoms with E-state index in [1.807, 2.05) is 54.6 Å². The second kappa shape index (κ2) is 13.7. The summed E-state index contributed by atoms with van der Waals surface area (Å²) in [7, 11) is 0. The average Bonchev–Trinajstić information content (AvgIpc) is 3.42. The van der Waals surface area contributed by atoms with Gasteiger partial charge in [0.25, 0.3) is 5.91 Å². The molecule has 5 rings (SSSR count). The highest BCUT2D eigenvalue weighted by Crippen LogP contribution is 2.43. The molecule has 0 aromatic heterocycles. The van der Waals surface area contributed by atoms with Crippen LogP contribution in [0.25, 0.3) is 0 Å². The number of alkyl halides is 3. The maximum Gasteiger partial charge on any atom is 0.416 e. The third kappa shape index (κ3) is 7.31. The first-order valence-corrected chi connectivity index (χ1v) is 14.8. The summed E-state index contributed by atoms with van der Waals surface area (Å²) in [6, 6.07) is 28.8. The number of halogens is 4. The van der Waals surface area contributed by atoms with E-state index in [1.165, 1.54) is 12.1 Å². The maximum atomic E-state index is 14.3. The van der Waals surface area contributed by atoms with Gasteiger partial charge in [-0.1, -0.05) is 70.5 Å². The number of carbonyl (C=O) groups excluding carboxylic acids is 1. The summed E-state index contributed by atoms with van der Waals surface area (Å²) in [5, 5.41) is 11.9. The summed E-state index contributed by atoms with van der Waals surface area (Å²) in [5.74, 6) is 0.387. The molecule has 2 N–H and O–H groups in total. The molecule has 0 spiro atoms. The van der Waals surface area contributed by atoms with Crippen LogP contribution in [0, 0.1) is 0 Å². The van der Waals surface area contributed by atoms with Gasteiger partial charge in [-0.25, -0.2) is 4.99 Å². The normalized spacial score (nSPS) is 17.9. The Balaban J connectivity index is 1.53. The van der Waals surface area contributed by atoms with E-state index in [9.17, 15) is 18.0 Å². The van der Waals surface area contributed by atoms with Crippen molar-refractivity contribution in [3.63, 3.8) is 0 Å². The summed E-state index contributed by atoms with van der Waals surface area (Å²) < 4.78 is 53.0. The molecule has 1 amide bonds. The molecule has 0 saturated heterocycles. The van der Waals surface area contributed by atoms with Crippen molar-refractivity contribution in [3.8, 4) is 5.75 Å². The third-order valence-corrected chi connectivity index (χ3v) is 7.76. The van der Waals surface area contributed by atoms with E-state index in [2.05, 4.69) is 21.2 Å². The molecule has 1 aliphatic rings. The number of aliphatic hydroxyl groups excluding tert-OH is 1. The lowest BCUT2D eigenvalue weighted by molar-refractivity contribution is -0.137. The third-order valence-electron chi connectivity index (χ3n) is 7.23. The van der Waals surface area contributed by atoms with Crippen molar-refractivity contribution in [2.24, 2.45) is 4.99 Å². The zero-order valence-electron chi connectivity index (χ0n) is 23.6. The Hall–Kier alpha value is -4.15. The van der Waals surface area contributed by atoms with Crippen LogP contribution in [0.4, 0.5) is 13.2 Å². The summed E-state index contributed by atoms with van der Waals surface area (Å²) in [4.78, 5) is 19.2. The molecule has 10 heteroatoms.